The second-order valence-corrected chi connectivity index (χ2v) is 15.8. The third-order valence-electron chi connectivity index (χ3n) is 13.2. The normalized spacial score (nSPS) is 19.7. The van der Waals surface area contributed by atoms with Crippen LogP contribution in [0.1, 0.15) is 45.1 Å². The molecular weight excluding hydrogens is 641 g/mol. The van der Waals surface area contributed by atoms with Crippen LogP contribution in [0.4, 0.5) is 11.4 Å². The predicted octanol–water partition coefficient (Wildman–Crippen LogP) is 13.9. The number of pyridine rings is 1. The van der Waals surface area contributed by atoms with Gasteiger partial charge in [0.2, 0.25) is 0 Å². The number of rotatable bonds is 4. The quantitative estimate of drug-likeness (QED) is 0.172. The molecular formula is C51H40N2. The van der Waals surface area contributed by atoms with Crippen LogP contribution >= 0.6 is 0 Å². The molecule has 0 bridgehead atoms. The fourth-order valence-corrected chi connectivity index (χ4v) is 10.3. The van der Waals surface area contributed by atoms with Crippen molar-refractivity contribution >= 4 is 54.5 Å². The number of aromatic nitrogens is 1. The average molecular weight is 681 g/mol. The monoisotopic (exact) mass is 680 g/mol. The highest BCUT2D eigenvalue weighted by Gasteiger charge is 2.57. The molecule has 1 aromatic heterocycles. The Morgan fingerprint density at radius 2 is 1.13 bits per heavy atom. The SMILES string of the molecule is CC12CCCCC1(C)N(c1ccccc1)c1ccc(-c3cccc(-c4ccc5ccc6c(-c7cccc8ccccc78)ccc7ccc4c5c76)n3)cc12. The van der Waals surface area contributed by atoms with E-state index in [1.54, 1.807) is 0 Å². The molecule has 11 rings (SSSR count). The molecule has 2 heterocycles. The Morgan fingerprint density at radius 1 is 0.491 bits per heavy atom. The predicted molar refractivity (Wildman–Crippen MR) is 225 cm³/mol. The standard InChI is InChI=1S/C51H40N2/c1-50-30-8-9-31-51(50,2)53(37-14-4-3-5-15-37)47-29-24-36(32-44(47)50)45-18-11-19-46(52-45)41-26-21-35-22-27-42-40(25-20-34-23-28-43(41)49(35)48(34)42)39-17-10-13-33-12-6-7-16-38(33)39/h3-7,10-29,32H,8-9,30-31H2,1-2H3. The lowest BCUT2D eigenvalue weighted by molar-refractivity contribution is 0.195. The van der Waals surface area contributed by atoms with Crippen LogP contribution in [-0.4, -0.2) is 10.5 Å². The van der Waals surface area contributed by atoms with Crippen LogP contribution in [0.3, 0.4) is 0 Å². The van der Waals surface area contributed by atoms with Crippen LogP contribution in [0.25, 0.3) is 76.7 Å². The molecule has 1 aliphatic carbocycles. The first-order valence-electron chi connectivity index (χ1n) is 19.2. The van der Waals surface area contributed by atoms with E-state index in [0.717, 1.165) is 11.4 Å². The van der Waals surface area contributed by atoms with Gasteiger partial charge in [-0.05, 0) is 116 Å². The summed E-state index contributed by atoms with van der Waals surface area (Å²) in [6.07, 6.45) is 4.92. The van der Waals surface area contributed by atoms with Crippen molar-refractivity contribution in [2.24, 2.45) is 0 Å². The van der Waals surface area contributed by atoms with Crippen molar-refractivity contribution in [1.29, 1.82) is 0 Å². The minimum absolute atomic E-state index is 0.0258. The number of benzene rings is 8. The molecule has 2 nitrogen and oxygen atoms in total. The Kier molecular flexibility index (Phi) is 6.50. The minimum Gasteiger partial charge on any atom is -0.334 e. The maximum absolute atomic E-state index is 5.43. The van der Waals surface area contributed by atoms with E-state index < -0.39 is 0 Å². The van der Waals surface area contributed by atoms with Crippen LogP contribution in [0.15, 0.2) is 158 Å². The van der Waals surface area contributed by atoms with Crippen LogP contribution in [-0.2, 0) is 5.41 Å². The maximum atomic E-state index is 5.43. The van der Waals surface area contributed by atoms with Gasteiger partial charge in [0.05, 0.1) is 16.9 Å². The van der Waals surface area contributed by atoms with Crippen molar-refractivity contribution in [2.75, 3.05) is 4.90 Å². The summed E-state index contributed by atoms with van der Waals surface area (Å²) in [5.74, 6) is 0. The van der Waals surface area contributed by atoms with Crippen LogP contribution in [0.2, 0.25) is 0 Å². The molecule has 2 unspecified atom stereocenters. The molecule has 53 heavy (non-hydrogen) atoms. The molecule has 2 atom stereocenters. The molecule has 1 saturated carbocycles. The zero-order valence-electron chi connectivity index (χ0n) is 30.2. The molecule has 9 aromatic rings. The number of anilines is 2. The summed E-state index contributed by atoms with van der Waals surface area (Å²) in [4.78, 5) is 8.07. The number of fused-ring (bicyclic) bond motifs is 4. The second-order valence-electron chi connectivity index (χ2n) is 15.8. The fraction of sp³-hybridized carbons (Fsp3) is 0.157. The first-order valence-corrected chi connectivity index (χ1v) is 19.2. The van der Waals surface area contributed by atoms with Gasteiger partial charge in [0, 0.05) is 27.9 Å². The third-order valence-corrected chi connectivity index (χ3v) is 13.2. The molecule has 254 valence electrons. The third kappa shape index (κ3) is 4.30. The van der Waals surface area contributed by atoms with Gasteiger partial charge in [-0.15, -0.1) is 0 Å². The van der Waals surface area contributed by atoms with Crippen molar-refractivity contribution < 1.29 is 0 Å². The molecule has 0 amide bonds. The average Bonchev–Trinajstić information content (AvgIpc) is 3.42. The minimum atomic E-state index is 0.0258. The molecule has 0 saturated heterocycles. The van der Waals surface area contributed by atoms with E-state index in [0.29, 0.717) is 0 Å². The highest BCUT2D eigenvalue weighted by atomic mass is 15.3. The van der Waals surface area contributed by atoms with Gasteiger partial charge >= 0.3 is 0 Å². The summed E-state index contributed by atoms with van der Waals surface area (Å²) in [6, 6.07) is 58.4. The van der Waals surface area contributed by atoms with Gasteiger partial charge in [-0.2, -0.15) is 0 Å². The Bertz CT molecular complexity index is 2880. The smallest absolute Gasteiger partial charge is 0.0715 e. The van der Waals surface area contributed by atoms with E-state index in [4.69, 9.17) is 4.98 Å². The second kappa shape index (κ2) is 11.3. The molecule has 0 radical (unpaired) electrons. The molecule has 0 spiro atoms. The van der Waals surface area contributed by atoms with Gasteiger partial charge in [-0.1, -0.05) is 141 Å². The Balaban J connectivity index is 1.05. The van der Waals surface area contributed by atoms with Gasteiger partial charge in [0.15, 0.2) is 0 Å². The number of hydrogen-bond acceptors (Lipinski definition) is 2. The molecule has 1 fully saturated rings. The molecule has 0 N–H and O–H groups in total. The highest BCUT2D eigenvalue weighted by Crippen LogP contribution is 2.61. The number of para-hydroxylation sites is 1. The summed E-state index contributed by atoms with van der Waals surface area (Å²) in [5, 5.41) is 10.3. The zero-order chi connectivity index (χ0) is 35.3. The first-order chi connectivity index (χ1) is 26.0. The summed E-state index contributed by atoms with van der Waals surface area (Å²) in [5.41, 5.74) is 11.1. The lowest BCUT2D eigenvalue weighted by atomic mass is 9.61. The van der Waals surface area contributed by atoms with Crippen molar-refractivity contribution in [2.45, 2.75) is 50.5 Å². The largest absolute Gasteiger partial charge is 0.334 e. The van der Waals surface area contributed by atoms with Gasteiger partial charge < -0.3 is 4.90 Å². The van der Waals surface area contributed by atoms with Crippen molar-refractivity contribution in [3.8, 4) is 33.6 Å². The first kappa shape index (κ1) is 30.6. The Morgan fingerprint density at radius 3 is 1.96 bits per heavy atom. The van der Waals surface area contributed by atoms with Crippen molar-refractivity contribution in [3.05, 3.63) is 163 Å². The van der Waals surface area contributed by atoms with Crippen molar-refractivity contribution in [3.63, 3.8) is 0 Å². The fourth-order valence-electron chi connectivity index (χ4n) is 10.3. The summed E-state index contributed by atoms with van der Waals surface area (Å²) in [7, 11) is 0. The van der Waals surface area contributed by atoms with E-state index in [2.05, 4.69) is 176 Å². The van der Waals surface area contributed by atoms with Gasteiger partial charge in [-0.25, -0.2) is 4.98 Å². The van der Waals surface area contributed by atoms with Gasteiger partial charge in [0.1, 0.15) is 0 Å². The van der Waals surface area contributed by atoms with E-state index in [1.807, 2.05) is 0 Å². The van der Waals surface area contributed by atoms with Crippen LogP contribution < -0.4 is 4.90 Å². The molecule has 2 heteroatoms. The highest BCUT2D eigenvalue weighted by molar-refractivity contribution is 6.28. The lowest BCUT2D eigenvalue weighted by Crippen LogP contribution is -2.54. The topological polar surface area (TPSA) is 16.1 Å². The van der Waals surface area contributed by atoms with E-state index in [9.17, 15) is 0 Å². The molecule has 2 aliphatic rings. The zero-order valence-corrected chi connectivity index (χ0v) is 30.2. The lowest BCUT2D eigenvalue weighted by Gasteiger charge is -2.50. The molecule has 8 aromatic carbocycles. The van der Waals surface area contributed by atoms with Crippen molar-refractivity contribution in [1.82, 2.24) is 4.98 Å². The van der Waals surface area contributed by atoms with E-state index >= 15 is 0 Å². The summed E-state index contributed by atoms with van der Waals surface area (Å²) in [6.45, 7) is 5.01. The van der Waals surface area contributed by atoms with E-state index in [1.165, 1.54) is 108 Å². The number of hydrogen-bond donors (Lipinski definition) is 0. The molecule has 1 aliphatic heterocycles. The van der Waals surface area contributed by atoms with E-state index in [-0.39, 0.29) is 11.0 Å². The maximum Gasteiger partial charge on any atom is 0.0715 e. The number of nitrogens with zero attached hydrogens (tertiary/aromatic N) is 2. The van der Waals surface area contributed by atoms with Crippen LogP contribution in [0, 0.1) is 0 Å². The van der Waals surface area contributed by atoms with Crippen LogP contribution in [0.5, 0.6) is 0 Å². The summed E-state index contributed by atoms with van der Waals surface area (Å²) < 4.78 is 0. The Labute approximate surface area is 310 Å². The summed E-state index contributed by atoms with van der Waals surface area (Å²) >= 11 is 0. The van der Waals surface area contributed by atoms with Gasteiger partial charge in [0.25, 0.3) is 0 Å². The van der Waals surface area contributed by atoms with Gasteiger partial charge in [-0.3, -0.25) is 0 Å². The Hall–Kier alpha value is -5.99.